The van der Waals surface area contributed by atoms with Crippen molar-refractivity contribution in [3.8, 4) is 0 Å². The van der Waals surface area contributed by atoms with Crippen LogP contribution in [0.25, 0.3) is 0 Å². The van der Waals surface area contributed by atoms with E-state index in [9.17, 15) is 19.2 Å². The summed E-state index contributed by atoms with van der Waals surface area (Å²) >= 11 is 0. The second kappa shape index (κ2) is 50.2. The fourth-order valence-electron chi connectivity index (χ4n) is 4.34. The first-order valence-corrected chi connectivity index (χ1v) is 18.6. The summed E-state index contributed by atoms with van der Waals surface area (Å²) < 4.78 is 0. The Hall–Kier alpha value is -1.64. The average molecular weight is 662 g/mol. The van der Waals surface area contributed by atoms with Gasteiger partial charge < -0.3 is 30.6 Å². The molecule has 0 aromatic rings. The predicted molar refractivity (Wildman–Crippen MR) is 202 cm³/mol. The Balaban J connectivity index is -0.000000115. The van der Waals surface area contributed by atoms with Gasteiger partial charge in [0.15, 0.2) is 0 Å². The highest BCUT2D eigenvalue weighted by Crippen LogP contribution is 2.25. The van der Waals surface area contributed by atoms with Crippen molar-refractivity contribution in [2.24, 2.45) is 17.8 Å². The molecule has 0 radical (unpaired) electrons. The van der Waals surface area contributed by atoms with Crippen LogP contribution in [-0.2, 0) is 19.2 Å². The third-order valence-corrected chi connectivity index (χ3v) is 6.76. The zero-order valence-corrected chi connectivity index (χ0v) is 33.2. The number of ketones is 1. The molecule has 0 aliphatic heterocycles. The minimum absolute atomic E-state index is 0.107. The summed E-state index contributed by atoms with van der Waals surface area (Å²) in [6.07, 6.45) is 18.3. The van der Waals surface area contributed by atoms with Crippen LogP contribution < -0.4 is 16.0 Å². The van der Waals surface area contributed by atoms with Crippen molar-refractivity contribution >= 4 is 24.3 Å². The normalized spacial score (nSPS) is 12.9. The van der Waals surface area contributed by atoms with Crippen LogP contribution in [0.4, 0.5) is 0 Å². The summed E-state index contributed by atoms with van der Waals surface area (Å²) in [5, 5.41) is 15.4. The number of carbonyl (C=O) groups is 4. The van der Waals surface area contributed by atoms with E-state index in [0.717, 1.165) is 57.7 Å². The molecule has 0 aromatic carbocycles. The molecule has 8 heteroatoms. The number of hydrogen-bond donors (Lipinski definition) is 4. The fraction of sp³-hybridized carbons (Fsp3) is 0.895. The molecule has 2 atom stereocenters. The number of Topliss-reactive ketones (excluding diaryl/α,β-unsaturated/α-hetero) is 1. The molecule has 0 saturated heterocycles. The van der Waals surface area contributed by atoms with E-state index in [1.165, 1.54) is 57.8 Å². The largest absolute Gasteiger partial charge is 0.400 e. The zero-order chi connectivity index (χ0) is 37.2. The Morgan fingerprint density at radius 3 is 1.43 bits per heavy atom. The molecule has 280 valence electrons. The average Bonchev–Trinajstić information content (AvgIpc) is 3.09. The van der Waals surface area contributed by atoms with Gasteiger partial charge in [0.2, 0.25) is 5.78 Å². The lowest BCUT2D eigenvalue weighted by Gasteiger charge is -2.25. The van der Waals surface area contributed by atoms with Crippen LogP contribution in [0.2, 0.25) is 0 Å². The molecular formula is C38H83N3O5. The number of amides is 1. The molecule has 4 N–H and O–H groups in total. The molecule has 1 aliphatic rings. The van der Waals surface area contributed by atoms with E-state index >= 15 is 0 Å². The molecule has 46 heavy (non-hydrogen) atoms. The molecule has 8 nitrogen and oxygen atoms in total. The van der Waals surface area contributed by atoms with E-state index in [0.29, 0.717) is 18.4 Å². The van der Waals surface area contributed by atoms with Crippen LogP contribution in [0.3, 0.4) is 0 Å². The second-order valence-corrected chi connectivity index (χ2v) is 11.5. The van der Waals surface area contributed by atoms with E-state index in [-0.39, 0.29) is 17.9 Å². The van der Waals surface area contributed by atoms with Crippen LogP contribution in [0.5, 0.6) is 0 Å². The summed E-state index contributed by atoms with van der Waals surface area (Å²) in [5.41, 5.74) is 0. The maximum absolute atomic E-state index is 11.5. The number of rotatable bonds is 17. The van der Waals surface area contributed by atoms with Gasteiger partial charge in [0.25, 0.3) is 5.91 Å². The molecule has 1 fully saturated rings. The monoisotopic (exact) mass is 662 g/mol. The SMILES string of the molecule is CC.CC.CC(C)C.CCCCC(C=O)CCCC.CCCCC(NC)C(=O)C(=O)NCC.CNC(C=O)C1CCCCC1.CO. The van der Waals surface area contributed by atoms with Gasteiger partial charge in [-0.05, 0) is 65.0 Å². The Morgan fingerprint density at radius 1 is 0.717 bits per heavy atom. The smallest absolute Gasteiger partial charge is 0.289 e. The number of hydrogen-bond acceptors (Lipinski definition) is 7. The predicted octanol–water partition coefficient (Wildman–Crippen LogP) is 8.33. The van der Waals surface area contributed by atoms with Crippen LogP contribution >= 0.6 is 0 Å². The number of unbranched alkanes of at least 4 members (excludes halogenated alkanes) is 3. The van der Waals surface area contributed by atoms with Gasteiger partial charge in [-0.25, -0.2) is 0 Å². The molecule has 0 spiro atoms. The summed E-state index contributed by atoms with van der Waals surface area (Å²) in [6, 6.07) is -0.225. The lowest BCUT2D eigenvalue weighted by atomic mass is 9.84. The molecule has 2 unspecified atom stereocenters. The van der Waals surface area contributed by atoms with Crippen molar-refractivity contribution in [2.45, 2.75) is 178 Å². The minimum atomic E-state index is -0.483. The number of likely N-dealkylation sites (N-methyl/N-ethyl adjacent to an activating group) is 3. The Kier molecular flexibility index (Phi) is 61.9. The highest BCUT2D eigenvalue weighted by molar-refractivity contribution is 6.38. The first-order valence-electron chi connectivity index (χ1n) is 18.6. The van der Waals surface area contributed by atoms with E-state index in [1.807, 2.05) is 34.7 Å². The van der Waals surface area contributed by atoms with Crippen molar-refractivity contribution in [1.29, 1.82) is 0 Å². The highest BCUT2D eigenvalue weighted by Gasteiger charge is 2.22. The molecule has 0 heterocycles. The van der Waals surface area contributed by atoms with Gasteiger partial charge >= 0.3 is 0 Å². The number of aliphatic hydroxyl groups is 1. The molecule has 1 amide bonds. The third kappa shape index (κ3) is 42.4. The minimum Gasteiger partial charge on any atom is -0.400 e. The van der Waals surface area contributed by atoms with Gasteiger partial charge in [-0.1, -0.05) is 127 Å². The molecule has 1 saturated carbocycles. The number of aldehydes is 2. The van der Waals surface area contributed by atoms with Gasteiger partial charge in [-0.3, -0.25) is 9.59 Å². The Bertz CT molecular complexity index is 586. The number of nitrogens with one attached hydrogen (secondary N) is 3. The molecule has 1 rings (SSSR count). The van der Waals surface area contributed by atoms with Crippen molar-refractivity contribution in [1.82, 2.24) is 16.0 Å². The van der Waals surface area contributed by atoms with Gasteiger partial charge in [0.1, 0.15) is 12.6 Å². The fourth-order valence-corrected chi connectivity index (χ4v) is 4.34. The van der Waals surface area contributed by atoms with Crippen molar-refractivity contribution in [2.75, 3.05) is 27.7 Å². The van der Waals surface area contributed by atoms with Crippen LogP contribution in [0.15, 0.2) is 0 Å². The summed E-state index contributed by atoms with van der Waals surface area (Å²) in [4.78, 5) is 43.8. The van der Waals surface area contributed by atoms with E-state index in [2.05, 4.69) is 57.5 Å². The highest BCUT2D eigenvalue weighted by atomic mass is 16.2. The molecular weight excluding hydrogens is 578 g/mol. The topological polar surface area (TPSA) is 125 Å². The zero-order valence-electron chi connectivity index (χ0n) is 33.2. The van der Waals surface area contributed by atoms with Crippen molar-refractivity contribution in [3.63, 3.8) is 0 Å². The molecule has 1 aliphatic carbocycles. The Labute approximate surface area is 287 Å². The van der Waals surface area contributed by atoms with Crippen molar-refractivity contribution in [3.05, 3.63) is 0 Å². The molecule has 0 aromatic heterocycles. The lowest BCUT2D eigenvalue weighted by Crippen LogP contribution is -2.44. The number of aliphatic hydroxyl groups excluding tert-OH is 1. The standard InChI is InChI=1S/C10H20N2O2.C10H20O.C9H17NO.C4H10.2C2H6.CH4O/c1-4-6-7-8(11-3)9(13)10(14)12-5-2;1-3-5-7-10(9-11)8-6-4-2;1-10-9(7-11)8-5-3-2-4-6-8;1-4(2)3;3*1-2/h8,11H,4-7H2,1-3H3,(H,12,14);9-10H,3-8H2,1-2H3;7-10H,2-6H2,1H3;4H,1-3H3;2*1-2H3;2H,1H3. The maximum atomic E-state index is 11.5. The quantitative estimate of drug-likeness (QED) is 0.0912. The second-order valence-electron chi connectivity index (χ2n) is 11.5. The summed E-state index contributed by atoms with van der Waals surface area (Å²) in [6.45, 7) is 23.2. The first-order chi connectivity index (χ1) is 22.1. The lowest BCUT2D eigenvalue weighted by molar-refractivity contribution is -0.139. The summed E-state index contributed by atoms with van der Waals surface area (Å²) in [7, 11) is 4.57. The van der Waals surface area contributed by atoms with Crippen LogP contribution in [-0.4, -0.2) is 69.2 Å². The van der Waals surface area contributed by atoms with Gasteiger partial charge in [0.05, 0.1) is 12.1 Å². The van der Waals surface area contributed by atoms with Gasteiger partial charge in [0, 0.05) is 19.6 Å². The van der Waals surface area contributed by atoms with Crippen LogP contribution in [0.1, 0.15) is 166 Å². The maximum Gasteiger partial charge on any atom is 0.289 e. The van der Waals surface area contributed by atoms with Crippen molar-refractivity contribution < 1.29 is 24.3 Å². The molecule has 0 bridgehead atoms. The first kappa shape index (κ1) is 56.7. The van der Waals surface area contributed by atoms with E-state index in [4.69, 9.17) is 5.11 Å². The Morgan fingerprint density at radius 2 is 1.13 bits per heavy atom. The number of carbonyl (C=O) groups excluding carboxylic acids is 4. The third-order valence-electron chi connectivity index (χ3n) is 6.76. The van der Waals surface area contributed by atoms with E-state index in [1.54, 1.807) is 14.0 Å². The van der Waals surface area contributed by atoms with Gasteiger partial charge in [-0.15, -0.1) is 0 Å². The van der Waals surface area contributed by atoms with E-state index < -0.39 is 5.91 Å². The summed E-state index contributed by atoms with van der Waals surface area (Å²) in [5.74, 6) is 0.937. The van der Waals surface area contributed by atoms with Crippen LogP contribution in [0, 0.1) is 17.8 Å². The van der Waals surface area contributed by atoms with Gasteiger partial charge in [-0.2, -0.15) is 0 Å².